The summed E-state index contributed by atoms with van der Waals surface area (Å²) in [5.41, 5.74) is -1.36. The zero-order chi connectivity index (χ0) is 49.4. The highest BCUT2D eigenvalue weighted by Crippen LogP contribution is 2.65. The molecule has 67 heavy (non-hydrogen) atoms. The molecule has 0 radical (unpaired) electrons. The predicted octanol–water partition coefficient (Wildman–Crippen LogP) is 5.65. The van der Waals surface area contributed by atoms with E-state index >= 15 is 4.79 Å². The SMILES string of the molecule is COc1ccc(C(NC(=O)N2CCN(CCCNC(=O)OC(C)(C)C)C(=O)C2=O)C(=O)NC(Cc2cccc(C(=O)OC(C)(C)C)c2OC)B2O[C@@H]3C[C@@H]4C[C@@H](C4(C)C)[C@]3(C)O2)c(Cl)c1OC. The first-order valence-corrected chi connectivity index (χ1v) is 23.0. The van der Waals surface area contributed by atoms with E-state index in [1.54, 1.807) is 59.7 Å². The molecule has 5 aliphatic rings. The third kappa shape index (κ3) is 10.9. The predicted molar refractivity (Wildman–Crippen MR) is 247 cm³/mol. The van der Waals surface area contributed by atoms with E-state index in [-0.39, 0.29) is 83.4 Å². The van der Waals surface area contributed by atoms with Crippen LogP contribution in [0, 0.1) is 17.3 Å². The van der Waals surface area contributed by atoms with E-state index in [2.05, 4.69) is 29.8 Å². The van der Waals surface area contributed by atoms with E-state index in [1.807, 2.05) is 6.92 Å². The normalized spacial score (nSPS) is 23.0. The molecule has 6 amide bonds. The van der Waals surface area contributed by atoms with Crippen molar-refractivity contribution >= 4 is 54.5 Å². The van der Waals surface area contributed by atoms with E-state index in [0.717, 1.165) is 17.7 Å². The van der Waals surface area contributed by atoms with Crippen LogP contribution in [-0.4, -0.2) is 129 Å². The van der Waals surface area contributed by atoms with Gasteiger partial charge in [-0.15, -0.1) is 0 Å². The molecule has 2 aliphatic heterocycles. The fourth-order valence-electron chi connectivity index (χ4n) is 9.74. The van der Waals surface area contributed by atoms with Crippen LogP contribution in [0.5, 0.6) is 17.2 Å². The number of benzene rings is 2. The molecule has 2 aromatic rings. The van der Waals surface area contributed by atoms with E-state index in [0.29, 0.717) is 17.9 Å². The van der Waals surface area contributed by atoms with Gasteiger partial charge in [-0.2, -0.15) is 0 Å². The summed E-state index contributed by atoms with van der Waals surface area (Å²) in [6.07, 6.45) is 1.19. The molecule has 2 heterocycles. The van der Waals surface area contributed by atoms with Crippen LogP contribution in [0.2, 0.25) is 5.02 Å². The van der Waals surface area contributed by atoms with Crippen LogP contribution in [0.1, 0.15) is 109 Å². The number of alkyl carbamates (subject to hydrolysis) is 1. The fourth-order valence-corrected chi connectivity index (χ4v) is 10.1. The number of amides is 6. The van der Waals surface area contributed by atoms with Gasteiger partial charge in [0.1, 0.15) is 28.6 Å². The Morgan fingerprint density at radius 3 is 2.19 bits per heavy atom. The maximum Gasteiger partial charge on any atom is 0.482 e. The Kier molecular flexibility index (Phi) is 15.1. The van der Waals surface area contributed by atoms with Crippen LogP contribution in [0.3, 0.4) is 0 Å². The van der Waals surface area contributed by atoms with Crippen LogP contribution in [0.4, 0.5) is 9.59 Å². The first kappa shape index (κ1) is 51.1. The maximum atomic E-state index is 15.1. The number of nitrogens with zero attached hydrogens (tertiary/aromatic N) is 2. The maximum absolute atomic E-state index is 15.1. The number of carbonyl (C=O) groups is 6. The summed E-state index contributed by atoms with van der Waals surface area (Å²) >= 11 is 6.94. The number of urea groups is 1. The number of rotatable bonds is 15. The molecule has 18 nitrogen and oxygen atoms in total. The minimum atomic E-state index is -1.59. The van der Waals surface area contributed by atoms with Crippen LogP contribution >= 0.6 is 11.6 Å². The van der Waals surface area contributed by atoms with Gasteiger partial charge in [-0.25, -0.2) is 14.4 Å². The Balaban J connectivity index is 1.29. The average molecular weight is 954 g/mol. The molecule has 2 unspecified atom stereocenters. The first-order chi connectivity index (χ1) is 31.3. The van der Waals surface area contributed by atoms with Crippen molar-refractivity contribution in [3.05, 3.63) is 52.0 Å². The number of piperazine rings is 1. The third-order valence-corrected chi connectivity index (χ3v) is 13.6. The second-order valence-corrected chi connectivity index (χ2v) is 20.7. The number of carbonyl (C=O) groups excluding carboxylic acids is 6. The second-order valence-electron chi connectivity index (χ2n) is 20.3. The Morgan fingerprint density at radius 1 is 0.881 bits per heavy atom. The first-order valence-electron chi connectivity index (χ1n) is 22.6. The second kappa shape index (κ2) is 19.8. The quantitative estimate of drug-likeness (QED) is 0.0854. The number of nitrogens with one attached hydrogen (secondary N) is 3. The zero-order valence-electron chi connectivity index (χ0n) is 40.6. The number of ether oxygens (including phenoxy) is 5. The molecule has 366 valence electrons. The van der Waals surface area contributed by atoms with Crippen molar-refractivity contribution in [2.24, 2.45) is 17.3 Å². The van der Waals surface area contributed by atoms with Gasteiger partial charge in [0, 0.05) is 31.7 Å². The highest BCUT2D eigenvalue weighted by molar-refractivity contribution is 6.48. The lowest BCUT2D eigenvalue weighted by atomic mass is 9.43. The molecule has 5 fully saturated rings. The van der Waals surface area contributed by atoms with Gasteiger partial charge in [0.05, 0.1) is 44.0 Å². The third-order valence-electron chi connectivity index (χ3n) is 13.2. The van der Waals surface area contributed by atoms with Gasteiger partial charge >= 0.3 is 37.0 Å². The number of hydrogen-bond acceptors (Lipinski definition) is 13. The fraction of sp³-hybridized carbons (Fsp3) is 0.617. The Bertz CT molecular complexity index is 2250. The van der Waals surface area contributed by atoms with E-state index < -0.39 is 71.7 Å². The molecule has 2 bridgehead atoms. The smallest absolute Gasteiger partial charge is 0.482 e. The van der Waals surface area contributed by atoms with Crippen LogP contribution < -0.4 is 30.2 Å². The van der Waals surface area contributed by atoms with E-state index in [1.165, 1.54) is 38.4 Å². The molecule has 0 aromatic heterocycles. The minimum Gasteiger partial charge on any atom is -0.496 e. The van der Waals surface area contributed by atoms with Gasteiger partial charge < -0.3 is 53.8 Å². The standard InChI is InChI=1S/C47H65BClN5O13/c1-44(2,3)64-41(58)29-16-13-15-26(36(29)62-11)23-33(48-66-32-25-27-24-31(46(27,7)8)47(32,9)67-48)51-38(55)35(28-17-18-30(61-10)37(63-12)34(28)49)52-42(59)54-22-21-53(39(56)40(54)57)20-14-19-50-43(60)65-45(4,5)6/h13,15-18,27,31-33,35H,14,19-25H2,1-12H3,(H,50,60)(H,51,55)(H,52,59)/t27-,31-,32+,33?,35?,47-/m0/s1. The van der Waals surface area contributed by atoms with Crippen LogP contribution in [0.25, 0.3) is 0 Å². The number of imide groups is 1. The van der Waals surface area contributed by atoms with Crippen molar-refractivity contribution in [1.29, 1.82) is 0 Å². The van der Waals surface area contributed by atoms with Crippen LogP contribution in [0.15, 0.2) is 30.3 Å². The largest absolute Gasteiger partial charge is 0.496 e. The number of para-hydroxylation sites is 1. The number of esters is 1. The van der Waals surface area contributed by atoms with E-state index in [9.17, 15) is 24.0 Å². The summed E-state index contributed by atoms with van der Waals surface area (Å²) in [6.45, 7) is 17.1. The minimum absolute atomic E-state index is 0.000373. The zero-order valence-corrected chi connectivity index (χ0v) is 41.3. The average Bonchev–Trinajstić information content (AvgIpc) is 3.61. The molecular formula is C47H65BClN5O13. The molecule has 3 N–H and O–H groups in total. The molecule has 6 atom stereocenters. The molecule has 3 aliphatic carbocycles. The lowest BCUT2D eigenvalue weighted by Gasteiger charge is -2.64. The molecule has 7 rings (SSSR count). The van der Waals surface area contributed by atoms with Crippen molar-refractivity contribution < 1.29 is 61.8 Å². The number of methoxy groups -OCH3 is 3. The Morgan fingerprint density at radius 2 is 1.57 bits per heavy atom. The van der Waals surface area contributed by atoms with Gasteiger partial charge in [-0.05, 0) is 109 Å². The van der Waals surface area contributed by atoms with E-state index in [4.69, 9.17) is 44.6 Å². The topological polar surface area (TPSA) is 210 Å². The van der Waals surface area contributed by atoms with Crippen molar-refractivity contribution in [2.75, 3.05) is 47.5 Å². The Labute approximate surface area is 397 Å². The lowest BCUT2D eigenvalue weighted by Crippen LogP contribution is -2.65. The summed E-state index contributed by atoms with van der Waals surface area (Å²) in [5, 5.41) is 8.30. The number of hydrogen-bond donors (Lipinski definition) is 3. The monoisotopic (exact) mass is 953 g/mol. The molecule has 0 spiro atoms. The molecule has 2 saturated heterocycles. The summed E-state index contributed by atoms with van der Waals surface area (Å²) in [6, 6.07) is 5.43. The molecule has 20 heteroatoms. The molecule has 2 aromatic carbocycles. The van der Waals surface area contributed by atoms with Crippen LogP contribution in [-0.2, 0) is 39.6 Å². The lowest BCUT2D eigenvalue weighted by molar-refractivity contribution is -0.199. The van der Waals surface area contributed by atoms with Gasteiger partial charge in [-0.1, -0.05) is 43.6 Å². The van der Waals surface area contributed by atoms with Gasteiger partial charge in [0.25, 0.3) is 0 Å². The van der Waals surface area contributed by atoms with Gasteiger partial charge in [0.15, 0.2) is 11.5 Å². The van der Waals surface area contributed by atoms with Gasteiger partial charge in [-0.3, -0.25) is 19.3 Å². The summed E-state index contributed by atoms with van der Waals surface area (Å²) < 4.78 is 41.4. The van der Waals surface area contributed by atoms with Crippen molar-refractivity contribution in [3.8, 4) is 17.2 Å². The van der Waals surface area contributed by atoms with Gasteiger partial charge in [0.2, 0.25) is 5.91 Å². The highest BCUT2D eigenvalue weighted by atomic mass is 35.5. The van der Waals surface area contributed by atoms with Crippen molar-refractivity contribution in [1.82, 2.24) is 25.8 Å². The summed E-state index contributed by atoms with van der Waals surface area (Å²) in [5.74, 6) is -3.21. The highest BCUT2D eigenvalue weighted by Gasteiger charge is 2.68. The summed E-state index contributed by atoms with van der Waals surface area (Å²) in [4.78, 5) is 83.7. The van der Waals surface area contributed by atoms with Crippen molar-refractivity contribution in [2.45, 2.75) is 123 Å². The Hall–Kier alpha value is -5.27. The summed E-state index contributed by atoms with van der Waals surface area (Å²) in [7, 11) is 3.22. The van der Waals surface area contributed by atoms with Crippen molar-refractivity contribution in [3.63, 3.8) is 0 Å². The molecule has 3 saturated carbocycles. The molecular weight excluding hydrogens is 889 g/mol. The number of halogens is 1.